The summed E-state index contributed by atoms with van der Waals surface area (Å²) >= 11 is 0. The van der Waals surface area contributed by atoms with Crippen LogP contribution in [0.4, 0.5) is 0 Å². The second-order valence-electron chi connectivity index (χ2n) is 7.02. The lowest BCUT2D eigenvalue weighted by Crippen LogP contribution is -2.33. The fourth-order valence-corrected chi connectivity index (χ4v) is 2.94. The number of unbranched alkanes of at least 4 members (excludes halogenated alkanes) is 14. The Balaban J connectivity index is 3.09. The lowest BCUT2D eigenvalue weighted by atomic mass is 10.0. The third kappa shape index (κ3) is 21.8. The van der Waals surface area contributed by atoms with Crippen LogP contribution in [0.1, 0.15) is 103 Å². The Morgan fingerprint density at radius 2 is 1.04 bits per heavy atom. The Hall–Kier alpha value is -0.280. The highest BCUT2D eigenvalue weighted by molar-refractivity contribution is 4.51. The molecule has 0 amide bonds. The van der Waals surface area contributed by atoms with Crippen LogP contribution in [0.2, 0.25) is 0 Å². The summed E-state index contributed by atoms with van der Waals surface area (Å²) < 4.78 is 0. The van der Waals surface area contributed by atoms with Gasteiger partial charge in [-0.1, -0.05) is 83.5 Å². The van der Waals surface area contributed by atoms with Gasteiger partial charge in [-0.2, -0.15) is 4.89 Å². The molecule has 158 valence electrons. The van der Waals surface area contributed by atoms with Gasteiger partial charge in [0.1, 0.15) is 6.23 Å². The summed E-state index contributed by atoms with van der Waals surface area (Å²) in [6.45, 7) is 0.338. The minimum absolute atomic E-state index is 0.338. The first-order valence-corrected chi connectivity index (χ1v) is 10.5. The van der Waals surface area contributed by atoms with Crippen molar-refractivity contribution in [2.75, 3.05) is 6.61 Å². The van der Waals surface area contributed by atoms with Crippen LogP contribution in [-0.4, -0.2) is 34.6 Å². The molecule has 2 atom stereocenters. The molecule has 0 aromatic heterocycles. The van der Waals surface area contributed by atoms with Gasteiger partial charge in [-0.05, 0) is 19.3 Å². The Morgan fingerprint density at radius 1 is 0.654 bits per heavy atom. The van der Waals surface area contributed by atoms with Gasteiger partial charge in [-0.15, -0.1) is 10.5 Å². The van der Waals surface area contributed by atoms with Crippen LogP contribution in [-0.2, 0) is 9.88 Å². The summed E-state index contributed by atoms with van der Waals surface area (Å²) in [6, 6.07) is 0. The predicted octanol–water partition coefficient (Wildman–Crippen LogP) is 3.23. The molecule has 0 spiro atoms. The largest absolute Gasteiger partial charge is 0.396 e. The maximum absolute atomic E-state index is 9.53. The molecule has 0 aliphatic carbocycles. The lowest BCUT2D eigenvalue weighted by molar-refractivity contribution is -0.411. The minimum Gasteiger partial charge on any atom is -0.396 e. The highest BCUT2D eigenvalue weighted by atomic mass is 17.3. The standard InChI is InChI=1S/C19H42N2O5/c20-19(24)25-26-21-18(23)16-14-12-10-8-6-4-2-1-3-5-7-9-11-13-15-17-22/h18-19,21-24H,1-17,20H2. The van der Waals surface area contributed by atoms with E-state index in [1.165, 1.54) is 77.0 Å². The number of hydrogen-bond acceptors (Lipinski definition) is 7. The first-order chi connectivity index (χ1) is 12.7. The van der Waals surface area contributed by atoms with Gasteiger partial charge >= 0.3 is 0 Å². The van der Waals surface area contributed by atoms with Crippen LogP contribution in [0.15, 0.2) is 0 Å². The predicted molar refractivity (Wildman–Crippen MR) is 102 cm³/mol. The van der Waals surface area contributed by atoms with Gasteiger partial charge in [0.05, 0.1) is 0 Å². The molecule has 0 rings (SSSR count). The fraction of sp³-hybridized carbons (Fsp3) is 1.00. The molecule has 26 heavy (non-hydrogen) atoms. The Bertz CT molecular complexity index is 270. The first-order valence-electron chi connectivity index (χ1n) is 10.5. The van der Waals surface area contributed by atoms with Crippen molar-refractivity contribution in [1.29, 1.82) is 0 Å². The van der Waals surface area contributed by atoms with Crippen molar-refractivity contribution in [2.45, 2.75) is 115 Å². The van der Waals surface area contributed by atoms with Crippen molar-refractivity contribution >= 4 is 0 Å². The average molecular weight is 379 g/mol. The van der Waals surface area contributed by atoms with Crippen LogP contribution in [0.5, 0.6) is 0 Å². The summed E-state index contributed by atoms with van der Waals surface area (Å²) in [7, 11) is 0. The summed E-state index contributed by atoms with van der Waals surface area (Å²) in [5.41, 5.74) is 7.15. The quantitative estimate of drug-likeness (QED) is 0.0901. The monoisotopic (exact) mass is 378 g/mol. The van der Waals surface area contributed by atoms with Crippen molar-refractivity contribution in [3.63, 3.8) is 0 Å². The summed E-state index contributed by atoms with van der Waals surface area (Å²) in [5.74, 6) is 0. The summed E-state index contributed by atoms with van der Waals surface area (Å²) in [5, 5.41) is 26.8. The molecule has 0 saturated heterocycles. The number of hydroxylamine groups is 1. The van der Waals surface area contributed by atoms with E-state index in [9.17, 15) is 5.11 Å². The van der Waals surface area contributed by atoms with Gasteiger partial charge in [-0.25, -0.2) is 0 Å². The van der Waals surface area contributed by atoms with Gasteiger partial charge in [0.2, 0.25) is 6.41 Å². The summed E-state index contributed by atoms with van der Waals surface area (Å²) in [4.78, 5) is 8.55. The van der Waals surface area contributed by atoms with Gasteiger partial charge in [0, 0.05) is 6.61 Å². The SMILES string of the molecule is NC(O)OONC(O)CCCCCCCCCCCCCCCCCO. The van der Waals surface area contributed by atoms with E-state index in [1.807, 2.05) is 0 Å². The van der Waals surface area contributed by atoms with E-state index in [-0.39, 0.29) is 0 Å². The van der Waals surface area contributed by atoms with Crippen molar-refractivity contribution in [3.05, 3.63) is 0 Å². The van der Waals surface area contributed by atoms with E-state index in [4.69, 9.17) is 15.9 Å². The number of nitrogens with two attached hydrogens (primary N) is 1. The van der Waals surface area contributed by atoms with Crippen molar-refractivity contribution in [2.24, 2.45) is 5.73 Å². The molecule has 0 radical (unpaired) electrons. The number of hydrogen-bond donors (Lipinski definition) is 5. The maximum Gasteiger partial charge on any atom is 0.244 e. The molecule has 0 aromatic rings. The highest BCUT2D eigenvalue weighted by Crippen LogP contribution is 2.13. The van der Waals surface area contributed by atoms with Crippen LogP contribution in [0.25, 0.3) is 0 Å². The molecular weight excluding hydrogens is 336 g/mol. The van der Waals surface area contributed by atoms with Crippen LogP contribution >= 0.6 is 0 Å². The Labute approximate surface area is 159 Å². The molecule has 7 heteroatoms. The molecule has 0 fully saturated rings. The van der Waals surface area contributed by atoms with E-state index < -0.39 is 12.6 Å². The van der Waals surface area contributed by atoms with Crippen molar-refractivity contribution in [3.8, 4) is 0 Å². The minimum atomic E-state index is -1.52. The van der Waals surface area contributed by atoms with Gasteiger partial charge < -0.3 is 15.3 Å². The normalized spacial score (nSPS) is 13.8. The Kier molecular flexibility index (Phi) is 20.8. The van der Waals surface area contributed by atoms with Gasteiger partial charge in [0.25, 0.3) is 0 Å². The van der Waals surface area contributed by atoms with E-state index in [1.54, 1.807) is 0 Å². The van der Waals surface area contributed by atoms with E-state index in [2.05, 4.69) is 15.4 Å². The zero-order chi connectivity index (χ0) is 19.3. The number of rotatable bonds is 21. The molecule has 0 aliphatic heterocycles. The molecular formula is C19H42N2O5. The van der Waals surface area contributed by atoms with Crippen molar-refractivity contribution in [1.82, 2.24) is 5.48 Å². The Morgan fingerprint density at radius 3 is 1.42 bits per heavy atom. The number of aliphatic hydroxyl groups excluding tert-OH is 3. The zero-order valence-electron chi connectivity index (χ0n) is 16.4. The van der Waals surface area contributed by atoms with E-state index in [0.717, 1.165) is 19.3 Å². The third-order valence-electron chi connectivity index (χ3n) is 4.47. The molecule has 0 aromatic carbocycles. The second-order valence-corrected chi connectivity index (χ2v) is 7.02. The molecule has 0 heterocycles. The van der Waals surface area contributed by atoms with E-state index >= 15 is 0 Å². The number of nitrogens with one attached hydrogen (secondary N) is 1. The van der Waals surface area contributed by atoms with Crippen molar-refractivity contribution < 1.29 is 25.2 Å². The molecule has 2 unspecified atom stereocenters. The highest BCUT2D eigenvalue weighted by Gasteiger charge is 2.04. The maximum atomic E-state index is 9.53. The first kappa shape index (κ1) is 25.7. The summed E-state index contributed by atoms with van der Waals surface area (Å²) in [6.07, 6.45) is 16.8. The average Bonchev–Trinajstić information content (AvgIpc) is 2.61. The topological polar surface area (TPSA) is 117 Å². The number of aliphatic hydroxyl groups is 3. The second kappa shape index (κ2) is 21.0. The smallest absolute Gasteiger partial charge is 0.244 e. The molecule has 0 bridgehead atoms. The molecule has 7 nitrogen and oxygen atoms in total. The van der Waals surface area contributed by atoms with Crippen LogP contribution in [0.3, 0.4) is 0 Å². The van der Waals surface area contributed by atoms with Crippen LogP contribution < -0.4 is 11.2 Å². The molecule has 6 N–H and O–H groups in total. The van der Waals surface area contributed by atoms with Gasteiger partial charge in [0.15, 0.2) is 0 Å². The van der Waals surface area contributed by atoms with E-state index in [0.29, 0.717) is 13.0 Å². The fourth-order valence-electron chi connectivity index (χ4n) is 2.94. The third-order valence-corrected chi connectivity index (χ3v) is 4.47. The zero-order valence-corrected chi connectivity index (χ0v) is 16.4. The lowest BCUT2D eigenvalue weighted by Gasteiger charge is -2.12. The van der Waals surface area contributed by atoms with Crippen LogP contribution in [0, 0.1) is 0 Å². The molecule has 0 aliphatic rings. The van der Waals surface area contributed by atoms with Gasteiger partial charge in [-0.3, -0.25) is 5.73 Å². The molecule has 0 saturated carbocycles.